The van der Waals surface area contributed by atoms with E-state index in [0.29, 0.717) is 25.1 Å². The van der Waals surface area contributed by atoms with E-state index in [1.54, 1.807) is 34.0 Å². The van der Waals surface area contributed by atoms with Crippen LogP contribution < -0.4 is 10.0 Å². The molecular formula is C22H25N5O4S. The molecule has 2 amide bonds. The number of sulfonamides is 1. The summed E-state index contributed by atoms with van der Waals surface area (Å²) in [5.41, 5.74) is 2.34. The van der Waals surface area contributed by atoms with Gasteiger partial charge in [-0.2, -0.15) is 0 Å². The number of aromatic nitrogens is 2. The van der Waals surface area contributed by atoms with E-state index >= 15 is 0 Å². The number of hydrogen-bond donors (Lipinski definition) is 2. The number of carbonyl (C=O) groups excluding carboxylic acids is 2. The Morgan fingerprint density at radius 2 is 1.94 bits per heavy atom. The van der Waals surface area contributed by atoms with Crippen LogP contribution in [0.15, 0.2) is 61.2 Å². The highest BCUT2D eigenvalue weighted by Crippen LogP contribution is 2.29. The second kappa shape index (κ2) is 9.09. The van der Waals surface area contributed by atoms with Crippen LogP contribution in [0.5, 0.6) is 0 Å². The molecule has 1 fully saturated rings. The van der Waals surface area contributed by atoms with Crippen LogP contribution >= 0.6 is 0 Å². The van der Waals surface area contributed by atoms with Gasteiger partial charge in [0.25, 0.3) is 5.91 Å². The molecule has 2 atom stereocenters. The lowest BCUT2D eigenvalue weighted by Crippen LogP contribution is -2.54. The van der Waals surface area contributed by atoms with Gasteiger partial charge in [0.1, 0.15) is 0 Å². The first-order valence-corrected chi connectivity index (χ1v) is 12.2. The van der Waals surface area contributed by atoms with E-state index < -0.39 is 15.9 Å². The summed E-state index contributed by atoms with van der Waals surface area (Å²) < 4.78 is 26.7. The van der Waals surface area contributed by atoms with Gasteiger partial charge in [-0.15, -0.1) is 0 Å². The number of pyridine rings is 1. The molecule has 2 aromatic heterocycles. The topological polar surface area (TPSA) is 113 Å². The van der Waals surface area contributed by atoms with E-state index in [4.69, 9.17) is 0 Å². The van der Waals surface area contributed by atoms with Gasteiger partial charge in [-0.05, 0) is 24.1 Å². The number of amides is 2. The van der Waals surface area contributed by atoms with Crippen molar-refractivity contribution >= 4 is 27.4 Å². The Hall–Kier alpha value is -3.24. The third-order valence-corrected chi connectivity index (χ3v) is 6.32. The Morgan fingerprint density at radius 1 is 1.16 bits per heavy atom. The van der Waals surface area contributed by atoms with Crippen molar-refractivity contribution in [3.8, 4) is 0 Å². The molecule has 0 bridgehead atoms. The Bertz CT molecular complexity index is 1230. The Kier molecular flexibility index (Phi) is 6.24. The SMILES string of the molecule is CS(=O)(=O)NCC(=O)N[C@@H]1CN(C(=O)c2cccn3cncc23)CC[C@H]1c1ccccc1. The van der Waals surface area contributed by atoms with E-state index in [0.717, 1.165) is 17.3 Å². The van der Waals surface area contributed by atoms with Crippen LogP contribution in [0.4, 0.5) is 0 Å². The summed E-state index contributed by atoms with van der Waals surface area (Å²) >= 11 is 0. The minimum absolute atomic E-state index is 0.00759. The van der Waals surface area contributed by atoms with Crippen LogP contribution in [0.25, 0.3) is 5.52 Å². The molecule has 1 saturated heterocycles. The molecule has 0 aliphatic carbocycles. The fourth-order valence-corrected chi connectivity index (χ4v) is 4.53. The third kappa shape index (κ3) is 4.97. The molecule has 10 heteroatoms. The normalized spacial score (nSPS) is 19.1. The molecule has 32 heavy (non-hydrogen) atoms. The summed E-state index contributed by atoms with van der Waals surface area (Å²) in [4.78, 5) is 31.6. The number of fused-ring (bicyclic) bond motifs is 1. The quantitative estimate of drug-likeness (QED) is 0.576. The zero-order chi connectivity index (χ0) is 22.7. The molecule has 1 aliphatic rings. The predicted molar refractivity (Wildman–Crippen MR) is 120 cm³/mol. The first-order valence-electron chi connectivity index (χ1n) is 10.3. The lowest BCUT2D eigenvalue weighted by Gasteiger charge is -2.39. The minimum Gasteiger partial charge on any atom is -0.350 e. The summed E-state index contributed by atoms with van der Waals surface area (Å²) in [5, 5.41) is 2.93. The Morgan fingerprint density at radius 3 is 2.69 bits per heavy atom. The maximum atomic E-state index is 13.3. The number of benzene rings is 1. The minimum atomic E-state index is -3.48. The van der Waals surface area contributed by atoms with Gasteiger partial charge in [0.2, 0.25) is 15.9 Å². The summed E-state index contributed by atoms with van der Waals surface area (Å²) in [6.45, 7) is 0.514. The number of nitrogens with one attached hydrogen (secondary N) is 2. The van der Waals surface area contributed by atoms with Crippen molar-refractivity contribution < 1.29 is 18.0 Å². The van der Waals surface area contributed by atoms with Gasteiger partial charge in [0, 0.05) is 25.2 Å². The van der Waals surface area contributed by atoms with Crippen molar-refractivity contribution in [1.29, 1.82) is 0 Å². The van der Waals surface area contributed by atoms with Crippen LogP contribution in [-0.2, 0) is 14.8 Å². The van der Waals surface area contributed by atoms with Gasteiger partial charge in [0.05, 0.1) is 42.4 Å². The maximum absolute atomic E-state index is 13.3. The molecule has 1 aliphatic heterocycles. The Balaban J connectivity index is 1.55. The van der Waals surface area contributed by atoms with Crippen molar-refractivity contribution in [2.24, 2.45) is 0 Å². The fourth-order valence-electron chi connectivity index (χ4n) is 4.14. The molecule has 9 nitrogen and oxygen atoms in total. The lowest BCUT2D eigenvalue weighted by atomic mass is 9.85. The average Bonchev–Trinajstić information content (AvgIpc) is 3.26. The number of piperidine rings is 1. The number of imidazole rings is 1. The highest BCUT2D eigenvalue weighted by Gasteiger charge is 2.34. The summed E-state index contributed by atoms with van der Waals surface area (Å²) in [6.07, 6.45) is 6.80. The number of likely N-dealkylation sites (tertiary alicyclic amines) is 1. The van der Waals surface area contributed by atoms with Crippen molar-refractivity contribution in [1.82, 2.24) is 24.3 Å². The van der Waals surface area contributed by atoms with Crippen LogP contribution in [0, 0.1) is 0 Å². The van der Waals surface area contributed by atoms with Gasteiger partial charge in [-0.1, -0.05) is 30.3 Å². The van der Waals surface area contributed by atoms with E-state index in [9.17, 15) is 18.0 Å². The number of rotatable bonds is 6. The van der Waals surface area contributed by atoms with Crippen molar-refractivity contribution in [2.75, 3.05) is 25.9 Å². The smallest absolute Gasteiger partial charge is 0.256 e. The van der Waals surface area contributed by atoms with E-state index in [1.165, 1.54) is 0 Å². The average molecular weight is 456 g/mol. The van der Waals surface area contributed by atoms with Gasteiger partial charge in [-0.25, -0.2) is 18.1 Å². The first kappa shape index (κ1) is 22.0. The third-order valence-electron chi connectivity index (χ3n) is 5.65. The van der Waals surface area contributed by atoms with Crippen LogP contribution in [0.1, 0.15) is 28.3 Å². The molecule has 168 valence electrons. The first-order chi connectivity index (χ1) is 15.3. The van der Waals surface area contributed by atoms with Crippen LogP contribution in [-0.4, -0.2) is 66.4 Å². The maximum Gasteiger partial charge on any atom is 0.256 e. The summed E-state index contributed by atoms with van der Waals surface area (Å²) in [6, 6.07) is 13.0. The highest BCUT2D eigenvalue weighted by atomic mass is 32.2. The molecule has 0 radical (unpaired) electrons. The molecule has 0 spiro atoms. The molecule has 2 N–H and O–H groups in total. The molecule has 1 aromatic carbocycles. The largest absolute Gasteiger partial charge is 0.350 e. The highest BCUT2D eigenvalue weighted by molar-refractivity contribution is 7.88. The molecule has 4 rings (SSSR count). The predicted octanol–water partition coefficient (Wildman–Crippen LogP) is 0.998. The van der Waals surface area contributed by atoms with Gasteiger partial charge >= 0.3 is 0 Å². The van der Waals surface area contributed by atoms with Crippen LogP contribution in [0.2, 0.25) is 0 Å². The summed E-state index contributed by atoms with van der Waals surface area (Å²) in [5.74, 6) is -0.558. The van der Waals surface area contributed by atoms with E-state index in [1.807, 2.05) is 36.5 Å². The monoisotopic (exact) mass is 455 g/mol. The molecule has 3 aromatic rings. The fraction of sp³-hybridized carbons (Fsp3) is 0.318. The van der Waals surface area contributed by atoms with Crippen LogP contribution in [0.3, 0.4) is 0 Å². The van der Waals surface area contributed by atoms with Crippen molar-refractivity contribution in [2.45, 2.75) is 18.4 Å². The second-order valence-corrected chi connectivity index (χ2v) is 9.77. The van der Waals surface area contributed by atoms with Gasteiger partial charge < -0.3 is 14.6 Å². The number of carbonyl (C=O) groups is 2. The second-order valence-electron chi connectivity index (χ2n) is 7.93. The standard InChI is InChI=1S/C22H25N5O4S/c1-32(30,31)24-13-21(28)25-19-14-26(11-9-17(19)16-6-3-2-4-7-16)22(29)18-8-5-10-27-15-23-12-20(18)27/h2-8,10,12,15,17,19,24H,9,11,13-14H2,1H3,(H,25,28)/t17-,19+/m0/s1. The summed E-state index contributed by atoms with van der Waals surface area (Å²) in [7, 11) is -3.48. The zero-order valence-electron chi connectivity index (χ0n) is 17.6. The van der Waals surface area contributed by atoms with E-state index in [-0.39, 0.29) is 24.4 Å². The Labute approximate surface area is 186 Å². The lowest BCUT2D eigenvalue weighted by molar-refractivity contribution is -0.121. The van der Waals surface area contributed by atoms with Crippen molar-refractivity contribution in [3.05, 3.63) is 72.3 Å². The van der Waals surface area contributed by atoms with Gasteiger partial charge in [0.15, 0.2) is 0 Å². The zero-order valence-corrected chi connectivity index (χ0v) is 18.5. The van der Waals surface area contributed by atoms with Crippen molar-refractivity contribution in [3.63, 3.8) is 0 Å². The molecule has 0 saturated carbocycles. The molecule has 0 unspecified atom stereocenters. The molecular weight excluding hydrogens is 430 g/mol. The van der Waals surface area contributed by atoms with E-state index in [2.05, 4.69) is 15.0 Å². The van der Waals surface area contributed by atoms with Gasteiger partial charge in [-0.3, -0.25) is 9.59 Å². The molecule has 3 heterocycles. The number of hydrogen-bond acceptors (Lipinski definition) is 5. The number of nitrogens with zero attached hydrogens (tertiary/aromatic N) is 3.